The Morgan fingerprint density at radius 1 is 1.50 bits per heavy atom. The molecule has 0 fully saturated rings. The van der Waals surface area contributed by atoms with Crippen LogP contribution in [0.3, 0.4) is 0 Å². The van der Waals surface area contributed by atoms with Gasteiger partial charge in [-0.15, -0.1) is 0 Å². The fourth-order valence-electron chi connectivity index (χ4n) is 0.546. The first-order chi connectivity index (χ1) is 4.39. The van der Waals surface area contributed by atoms with Gasteiger partial charge in [-0.2, -0.15) is 8.42 Å². The second-order valence-electron chi connectivity index (χ2n) is 1.88. The van der Waals surface area contributed by atoms with Gasteiger partial charge in [-0.05, 0) is 0 Å². The highest BCUT2D eigenvalue weighted by molar-refractivity contribution is 8.01. The van der Waals surface area contributed by atoms with Gasteiger partial charge in [0.25, 0.3) is 0 Å². The third-order valence-corrected chi connectivity index (χ3v) is 1.81. The van der Waals surface area contributed by atoms with E-state index in [0.717, 1.165) is 0 Å². The molecule has 60 valence electrons. The number of nitrogens with zero attached hydrogens (tertiary/aromatic N) is 2. The summed E-state index contributed by atoms with van der Waals surface area (Å²) in [7, 11) is 0.121. The van der Waals surface area contributed by atoms with Crippen molar-refractivity contribution in [2.24, 2.45) is 4.99 Å². The largest absolute Gasteiger partial charge is 0.351 e. The van der Waals surface area contributed by atoms with Crippen molar-refractivity contribution in [3.63, 3.8) is 0 Å². The maximum absolute atomic E-state index is 10.4. The second kappa shape index (κ2) is 2.98. The highest BCUT2D eigenvalue weighted by Gasteiger charge is 2.16. The molecule has 0 saturated heterocycles. The maximum Gasteiger partial charge on any atom is 0.328 e. The third-order valence-electron chi connectivity index (χ3n) is 0.805. The molecule has 0 heterocycles. The minimum atomic E-state index is -4.14. The number of aliphatic imine (C=N–C) groups is 1. The molecule has 1 N–H and O–H groups in total. The number of amidine groups is 1. The quantitative estimate of drug-likeness (QED) is 0.297. The third kappa shape index (κ3) is 2.32. The van der Waals surface area contributed by atoms with Crippen LogP contribution in [0.1, 0.15) is 0 Å². The van der Waals surface area contributed by atoms with Crippen LogP contribution < -0.4 is 0 Å². The molecular formula is C4H10N2O3S. The van der Waals surface area contributed by atoms with Crippen molar-refractivity contribution < 1.29 is 13.0 Å². The van der Waals surface area contributed by atoms with Gasteiger partial charge in [-0.1, -0.05) is 0 Å². The van der Waals surface area contributed by atoms with Gasteiger partial charge in [-0.3, -0.25) is 9.55 Å². The molecule has 0 radical (unpaired) electrons. The highest BCUT2D eigenvalue weighted by atomic mass is 32.2. The van der Waals surface area contributed by atoms with Crippen LogP contribution in [0.2, 0.25) is 0 Å². The van der Waals surface area contributed by atoms with E-state index in [4.69, 9.17) is 4.55 Å². The maximum atomic E-state index is 10.4. The van der Waals surface area contributed by atoms with Crippen LogP contribution in [0.5, 0.6) is 0 Å². The Bertz CT molecular complexity index is 229. The molecular weight excluding hydrogens is 156 g/mol. The Morgan fingerprint density at radius 2 is 1.90 bits per heavy atom. The first kappa shape index (κ1) is 9.38. The molecule has 0 aliphatic carbocycles. The van der Waals surface area contributed by atoms with E-state index in [9.17, 15) is 8.42 Å². The van der Waals surface area contributed by atoms with Crippen molar-refractivity contribution in [2.45, 2.75) is 0 Å². The van der Waals surface area contributed by atoms with Crippen LogP contribution in [-0.4, -0.2) is 44.2 Å². The van der Waals surface area contributed by atoms with Crippen LogP contribution >= 0.6 is 0 Å². The van der Waals surface area contributed by atoms with E-state index in [1.165, 1.54) is 26.0 Å². The zero-order valence-corrected chi connectivity index (χ0v) is 6.88. The Balaban J connectivity index is 4.76. The van der Waals surface area contributed by atoms with Crippen LogP contribution in [0, 0.1) is 0 Å². The standard InChI is InChI=1S/C4H10N2O3S/c1-5-4(6(2)3)10(7,8)9/h1-3H3,(H,7,8,9). The fourth-order valence-corrected chi connectivity index (χ4v) is 1.24. The molecule has 5 nitrogen and oxygen atoms in total. The van der Waals surface area contributed by atoms with E-state index in [0.29, 0.717) is 0 Å². The first-order valence-electron chi connectivity index (χ1n) is 2.51. The summed E-state index contributed by atoms with van der Waals surface area (Å²) in [5, 5.41) is -0.340. The molecule has 0 aliphatic rings. The lowest BCUT2D eigenvalue weighted by Crippen LogP contribution is -2.29. The zero-order valence-electron chi connectivity index (χ0n) is 6.07. The monoisotopic (exact) mass is 166 g/mol. The average Bonchev–Trinajstić information content (AvgIpc) is 1.60. The first-order valence-corrected chi connectivity index (χ1v) is 3.95. The van der Waals surface area contributed by atoms with Gasteiger partial charge in [-0.25, -0.2) is 0 Å². The summed E-state index contributed by atoms with van der Waals surface area (Å²) in [5.74, 6) is 0. The van der Waals surface area contributed by atoms with Gasteiger partial charge in [0.15, 0.2) is 0 Å². The molecule has 0 amide bonds. The van der Waals surface area contributed by atoms with Crippen molar-refractivity contribution in [1.29, 1.82) is 0 Å². The number of hydrogen-bond donors (Lipinski definition) is 1. The van der Waals surface area contributed by atoms with Gasteiger partial charge >= 0.3 is 10.1 Å². The Hall–Kier alpha value is -0.620. The highest BCUT2D eigenvalue weighted by Crippen LogP contribution is 1.91. The summed E-state index contributed by atoms with van der Waals surface area (Å²) in [6.45, 7) is 0. The van der Waals surface area contributed by atoms with Crippen LogP contribution in [-0.2, 0) is 10.1 Å². The van der Waals surface area contributed by atoms with Crippen molar-refractivity contribution in [2.75, 3.05) is 21.1 Å². The topological polar surface area (TPSA) is 70.0 Å². The molecule has 6 heteroatoms. The van der Waals surface area contributed by atoms with Gasteiger partial charge in [0.05, 0.1) is 0 Å². The van der Waals surface area contributed by atoms with Gasteiger partial charge in [0, 0.05) is 21.1 Å². The van der Waals surface area contributed by atoms with E-state index in [1.54, 1.807) is 0 Å². The second-order valence-corrected chi connectivity index (χ2v) is 3.19. The van der Waals surface area contributed by atoms with Crippen molar-refractivity contribution in [3.8, 4) is 0 Å². The minimum Gasteiger partial charge on any atom is -0.351 e. The van der Waals surface area contributed by atoms with E-state index < -0.39 is 10.1 Å². The number of rotatable bonds is 0. The normalized spacial score (nSPS) is 13.4. The molecule has 0 saturated carbocycles. The molecule has 0 unspecified atom stereocenters. The smallest absolute Gasteiger partial charge is 0.328 e. The number of hydrogen-bond acceptors (Lipinski definition) is 3. The molecule has 10 heavy (non-hydrogen) atoms. The van der Waals surface area contributed by atoms with E-state index in [-0.39, 0.29) is 5.17 Å². The van der Waals surface area contributed by atoms with Gasteiger partial charge in [0.1, 0.15) is 0 Å². The fraction of sp³-hybridized carbons (Fsp3) is 0.750. The molecule has 0 aliphatic heterocycles. The molecule has 0 aromatic heterocycles. The minimum absolute atomic E-state index is 0.340. The lowest BCUT2D eigenvalue weighted by molar-refractivity contribution is 0.488. The van der Waals surface area contributed by atoms with E-state index >= 15 is 0 Å². The molecule has 0 aromatic carbocycles. The van der Waals surface area contributed by atoms with Crippen molar-refractivity contribution in [3.05, 3.63) is 0 Å². The molecule has 0 bridgehead atoms. The summed E-state index contributed by atoms with van der Waals surface area (Å²) in [5.41, 5.74) is 0. The summed E-state index contributed by atoms with van der Waals surface area (Å²) >= 11 is 0. The van der Waals surface area contributed by atoms with E-state index in [1.807, 2.05) is 0 Å². The van der Waals surface area contributed by atoms with Gasteiger partial charge < -0.3 is 4.90 Å². The summed E-state index contributed by atoms with van der Waals surface area (Å²) in [4.78, 5) is 4.58. The predicted octanol–water partition coefficient (Wildman–Crippen LogP) is -0.578. The molecule has 0 spiro atoms. The molecule has 0 atom stereocenters. The lowest BCUT2D eigenvalue weighted by atomic mass is 10.9. The molecule has 0 rings (SSSR count). The predicted molar refractivity (Wildman–Crippen MR) is 38.6 cm³/mol. The average molecular weight is 166 g/mol. The van der Waals surface area contributed by atoms with Crippen LogP contribution in [0.4, 0.5) is 0 Å². The Morgan fingerprint density at radius 3 is 1.90 bits per heavy atom. The molecule has 0 aromatic rings. The van der Waals surface area contributed by atoms with Crippen molar-refractivity contribution in [1.82, 2.24) is 4.90 Å². The summed E-state index contributed by atoms with van der Waals surface area (Å²) in [6, 6.07) is 0. The van der Waals surface area contributed by atoms with E-state index in [2.05, 4.69) is 4.99 Å². The van der Waals surface area contributed by atoms with Crippen LogP contribution in [0.15, 0.2) is 4.99 Å². The summed E-state index contributed by atoms with van der Waals surface area (Å²) < 4.78 is 29.2. The van der Waals surface area contributed by atoms with Crippen molar-refractivity contribution >= 4 is 15.3 Å². The SMILES string of the molecule is CN=C(N(C)C)S(=O)(=O)O. The summed E-state index contributed by atoms with van der Waals surface area (Å²) in [6.07, 6.45) is 0. The Kier molecular flexibility index (Phi) is 2.79. The van der Waals surface area contributed by atoms with Crippen LogP contribution in [0.25, 0.3) is 0 Å². The lowest BCUT2D eigenvalue weighted by Gasteiger charge is -2.10. The Labute approximate surface area is 60.1 Å². The van der Waals surface area contributed by atoms with Gasteiger partial charge in [0.2, 0.25) is 5.17 Å². The zero-order chi connectivity index (χ0) is 8.36.